The van der Waals surface area contributed by atoms with Crippen LogP contribution in [-0.2, 0) is 16.3 Å². The molecule has 1 unspecified atom stereocenters. The van der Waals surface area contributed by atoms with Gasteiger partial charge in [-0.1, -0.05) is 37.5 Å². The molecule has 1 saturated carbocycles. The topological polar surface area (TPSA) is 44.5 Å². The van der Waals surface area contributed by atoms with Gasteiger partial charge in [0.25, 0.3) is 0 Å². The zero-order valence-electron chi connectivity index (χ0n) is 10.7. The molecule has 0 bridgehead atoms. The van der Waals surface area contributed by atoms with Crippen LogP contribution in [0, 0.1) is 0 Å². The number of hydrogen-bond acceptors (Lipinski definition) is 3. The van der Waals surface area contributed by atoms with E-state index in [0.717, 1.165) is 5.75 Å². The normalized spacial score (nSPS) is 20.3. The first-order valence-electron chi connectivity index (χ1n) is 6.35. The second kappa shape index (κ2) is 6.16. The third-order valence-electron chi connectivity index (χ3n) is 3.44. The fourth-order valence-corrected chi connectivity index (χ4v) is 3.24. The van der Waals surface area contributed by atoms with E-state index in [2.05, 4.69) is 6.07 Å². The summed E-state index contributed by atoms with van der Waals surface area (Å²) in [5.41, 5.74) is 7.06. The van der Waals surface area contributed by atoms with Crippen molar-refractivity contribution in [2.24, 2.45) is 5.50 Å². The average Bonchev–Trinajstić information content (AvgIpc) is 2.40. The van der Waals surface area contributed by atoms with E-state index in [4.69, 9.17) is 26.4 Å². The molecule has 5 heteroatoms. The molecule has 18 heavy (non-hydrogen) atoms. The summed E-state index contributed by atoms with van der Waals surface area (Å²) in [6, 6.07) is 8.06. The van der Waals surface area contributed by atoms with E-state index in [0.29, 0.717) is 5.92 Å². The molecule has 0 spiro atoms. The van der Waals surface area contributed by atoms with E-state index in [1.807, 2.05) is 18.2 Å². The van der Waals surface area contributed by atoms with Gasteiger partial charge in [0.15, 0.2) is 0 Å². The van der Waals surface area contributed by atoms with Crippen LogP contribution in [0.3, 0.4) is 0 Å². The minimum absolute atomic E-state index is 0.571. The molecule has 2 N–H and O–H groups in total. The first-order valence-corrected chi connectivity index (χ1v) is 9.06. The van der Waals surface area contributed by atoms with Crippen LogP contribution >= 0.6 is 6.64 Å². The predicted molar refractivity (Wildman–Crippen MR) is 78.4 cm³/mol. The van der Waals surface area contributed by atoms with Crippen molar-refractivity contribution in [1.29, 1.82) is 0 Å². The molecule has 100 valence electrons. The zero-order valence-corrected chi connectivity index (χ0v) is 12.4. The maximum atomic E-state index is 5.83. The van der Waals surface area contributed by atoms with Gasteiger partial charge in [-0.05, 0) is 42.2 Å². The van der Waals surface area contributed by atoms with E-state index in [-0.39, 0.29) is 0 Å². The summed E-state index contributed by atoms with van der Waals surface area (Å²) in [6.07, 6.45) is 6.37. The molecule has 1 aromatic carbocycles. The standard InChI is InChI=1S/C13H20NO2PS/c1-15-17(14,18)16-13-10-6-5-9-12(13)11-7-3-2-4-8-11/h5-6,9-11H,2-4,7-8H2,1H3,(H2,14,18). The molecule has 1 fully saturated rings. The molecule has 1 aliphatic carbocycles. The Hall–Kier alpha value is -0.410. The Balaban J connectivity index is 2.22. The number of rotatable bonds is 4. The summed E-state index contributed by atoms with van der Waals surface area (Å²) in [5, 5.41) is 0. The summed E-state index contributed by atoms with van der Waals surface area (Å²) in [6.45, 7) is -2.64. The molecule has 0 saturated heterocycles. The van der Waals surface area contributed by atoms with Crippen molar-refractivity contribution in [3.8, 4) is 5.75 Å². The number of nitrogens with two attached hydrogens (primary N) is 1. The Morgan fingerprint density at radius 1 is 1.22 bits per heavy atom. The van der Waals surface area contributed by atoms with Crippen molar-refractivity contribution in [1.82, 2.24) is 0 Å². The van der Waals surface area contributed by atoms with E-state index < -0.39 is 6.64 Å². The summed E-state index contributed by atoms with van der Waals surface area (Å²) in [5.74, 6) is 1.37. The predicted octanol–water partition coefficient (Wildman–Crippen LogP) is 3.94. The SMILES string of the molecule is COP(N)(=S)Oc1ccccc1C1CCCCC1. The number of benzene rings is 1. The molecule has 0 heterocycles. The van der Waals surface area contributed by atoms with Crippen LogP contribution in [0.2, 0.25) is 0 Å². The second-order valence-electron chi connectivity index (χ2n) is 4.69. The van der Waals surface area contributed by atoms with Gasteiger partial charge in [-0.25, -0.2) is 5.50 Å². The van der Waals surface area contributed by atoms with Gasteiger partial charge < -0.3 is 9.05 Å². The maximum Gasteiger partial charge on any atom is 0.309 e. The van der Waals surface area contributed by atoms with Crippen molar-refractivity contribution >= 4 is 18.4 Å². The zero-order chi connectivity index (χ0) is 13.0. The van der Waals surface area contributed by atoms with Gasteiger partial charge in [-0.2, -0.15) is 0 Å². The van der Waals surface area contributed by atoms with Gasteiger partial charge in [0.05, 0.1) is 0 Å². The molecular formula is C13H20NO2PS. The summed E-state index contributed by atoms with van der Waals surface area (Å²) >= 11 is 5.13. The van der Waals surface area contributed by atoms with E-state index in [1.54, 1.807) is 0 Å². The van der Waals surface area contributed by atoms with Crippen LogP contribution in [0.5, 0.6) is 5.75 Å². The van der Waals surface area contributed by atoms with E-state index in [9.17, 15) is 0 Å². The third kappa shape index (κ3) is 3.55. The third-order valence-corrected chi connectivity index (χ3v) is 5.08. The second-order valence-corrected chi connectivity index (χ2v) is 7.84. The Labute approximate surface area is 114 Å². The highest BCUT2D eigenvalue weighted by Gasteiger charge is 2.21. The fourth-order valence-electron chi connectivity index (χ4n) is 2.49. The van der Waals surface area contributed by atoms with Crippen LogP contribution in [0.4, 0.5) is 0 Å². The number of hydrogen-bond donors (Lipinski definition) is 1. The number of para-hydroxylation sites is 1. The molecular weight excluding hydrogens is 265 g/mol. The molecule has 1 aliphatic rings. The van der Waals surface area contributed by atoms with Crippen molar-refractivity contribution < 1.29 is 9.05 Å². The van der Waals surface area contributed by atoms with Crippen LogP contribution in [0.15, 0.2) is 24.3 Å². The maximum absolute atomic E-state index is 5.83. The minimum atomic E-state index is -2.64. The summed E-state index contributed by atoms with van der Waals surface area (Å²) in [7, 11) is 1.50. The first kappa shape index (κ1) is 14.0. The van der Waals surface area contributed by atoms with Crippen LogP contribution < -0.4 is 10.0 Å². The Morgan fingerprint density at radius 3 is 2.56 bits per heavy atom. The summed E-state index contributed by atoms with van der Waals surface area (Å²) in [4.78, 5) is 0. The van der Waals surface area contributed by atoms with Crippen LogP contribution in [0.25, 0.3) is 0 Å². The lowest BCUT2D eigenvalue weighted by Gasteiger charge is -2.25. The molecule has 3 nitrogen and oxygen atoms in total. The van der Waals surface area contributed by atoms with Crippen LogP contribution in [-0.4, -0.2) is 7.11 Å². The Bertz CT molecular complexity index is 446. The van der Waals surface area contributed by atoms with Gasteiger partial charge >= 0.3 is 6.64 Å². The van der Waals surface area contributed by atoms with E-state index in [1.165, 1.54) is 44.8 Å². The molecule has 1 atom stereocenters. The molecule has 0 aliphatic heterocycles. The molecule has 0 aromatic heterocycles. The summed E-state index contributed by atoms with van der Waals surface area (Å²) < 4.78 is 10.8. The van der Waals surface area contributed by atoms with Gasteiger partial charge in [0.1, 0.15) is 5.75 Å². The molecule has 0 radical (unpaired) electrons. The van der Waals surface area contributed by atoms with Gasteiger partial charge in [0.2, 0.25) is 0 Å². The van der Waals surface area contributed by atoms with Gasteiger partial charge in [-0.15, -0.1) is 0 Å². The smallest absolute Gasteiger partial charge is 0.309 e. The highest BCUT2D eigenvalue weighted by atomic mass is 32.5. The fraction of sp³-hybridized carbons (Fsp3) is 0.538. The first-order chi connectivity index (χ1) is 8.62. The largest absolute Gasteiger partial charge is 0.433 e. The van der Waals surface area contributed by atoms with Crippen molar-refractivity contribution in [3.63, 3.8) is 0 Å². The lowest BCUT2D eigenvalue weighted by molar-refractivity contribution is 0.385. The van der Waals surface area contributed by atoms with Crippen molar-refractivity contribution in [3.05, 3.63) is 29.8 Å². The van der Waals surface area contributed by atoms with E-state index >= 15 is 0 Å². The Morgan fingerprint density at radius 2 is 1.89 bits per heavy atom. The molecule has 0 amide bonds. The lowest BCUT2D eigenvalue weighted by Crippen LogP contribution is -2.09. The van der Waals surface area contributed by atoms with Crippen LogP contribution in [0.1, 0.15) is 43.6 Å². The quantitative estimate of drug-likeness (QED) is 0.851. The molecule has 2 rings (SSSR count). The van der Waals surface area contributed by atoms with Gasteiger partial charge in [0, 0.05) is 7.11 Å². The highest BCUT2D eigenvalue weighted by molar-refractivity contribution is 8.08. The lowest BCUT2D eigenvalue weighted by atomic mass is 9.84. The van der Waals surface area contributed by atoms with Crippen molar-refractivity contribution in [2.75, 3.05) is 7.11 Å². The van der Waals surface area contributed by atoms with Crippen molar-refractivity contribution in [2.45, 2.75) is 38.0 Å². The monoisotopic (exact) mass is 285 g/mol. The Kier molecular flexibility index (Phi) is 4.79. The molecule has 1 aromatic rings. The minimum Gasteiger partial charge on any atom is -0.433 e. The highest BCUT2D eigenvalue weighted by Crippen LogP contribution is 2.44. The average molecular weight is 285 g/mol. The van der Waals surface area contributed by atoms with Gasteiger partial charge in [-0.3, -0.25) is 0 Å².